The highest BCUT2D eigenvalue weighted by molar-refractivity contribution is 7.14. The maximum Gasteiger partial charge on any atom is 0.269 e. The predicted molar refractivity (Wildman–Crippen MR) is 107 cm³/mol. The Morgan fingerprint density at radius 3 is 2.32 bits per heavy atom. The number of nitrogens with one attached hydrogen (secondary N) is 1. The van der Waals surface area contributed by atoms with Crippen LogP contribution < -0.4 is 5.32 Å². The Balaban J connectivity index is 1.25. The first-order valence-electron chi connectivity index (χ1n) is 9.98. The molecule has 1 amide bonds. The molecule has 4 aliphatic rings. The lowest BCUT2D eigenvalue weighted by Gasteiger charge is -2.56. The molecule has 4 fully saturated rings. The Morgan fingerprint density at radius 2 is 1.75 bits per heavy atom. The number of nitro groups is 1. The number of anilines is 1. The number of carbonyl (C=O) groups excluding carboxylic acids is 1. The average Bonchev–Trinajstić information content (AvgIpc) is 3.06. The van der Waals surface area contributed by atoms with Gasteiger partial charge in [-0.05, 0) is 80.2 Å². The van der Waals surface area contributed by atoms with Gasteiger partial charge in [0.15, 0.2) is 5.13 Å². The summed E-state index contributed by atoms with van der Waals surface area (Å²) in [6.45, 7) is 0. The fourth-order valence-corrected chi connectivity index (χ4v) is 6.95. The van der Waals surface area contributed by atoms with Gasteiger partial charge in [-0.2, -0.15) is 0 Å². The summed E-state index contributed by atoms with van der Waals surface area (Å²) in [5.74, 6) is 2.48. The summed E-state index contributed by atoms with van der Waals surface area (Å²) in [6.07, 6.45) is 9.38. The second-order valence-corrected chi connectivity index (χ2v) is 9.85. The highest BCUT2D eigenvalue weighted by Crippen LogP contribution is 2.61. The highest BCUT2D eigenvalue weighted by atomic mass is 32.1. The molecule has 0 atom stereocenters. The summed E-state index contributed by atoms with van der Waals surface area (Å²) in [5, 5.41) is 16.2. The van der Waals surface area contributed by atoms with Crippen LogP contribution in [0.15, 0.2) is 29.6 Å². The predicted octanol–water partition coefficient (Wildman–Crippen LogP) is 5.06. The summed E-state index contributed by atoms with van der Waals surface area (Å²) >= 11 is 1.46. The number of hydrogen-bond donors (Lipinski definition) is 1. The molecule has 6 rings (SSSR count). The molecule has 4 saturated carbocycles. The molecule has 0 radical (unpaired) electrons. The lowest BCUT2D eigenvalue weighted by Crippen LogP contribution is -2.47. The van der Waals surface area contributed by atoms with E-state index in [1.807, 2.05) is 0 Å². The SMILES string of the molecule is O=C(Nc1nc(CC23CC4CC(CC(C4)C2)C3)cs1)c1ccc([N+](=O)[O-])cc1. The van der Waals surface area contributed by atoms with E-state index in [9.17, 15) is 14.9 Å². The summed E-state index contributed by atoms with van der Waals surface area (Å²) in [7, 11) is 0. The molecule has 0 unspecified atom stereocenters. The van der Waals surface area contributed by atoms with E-state index in [1.165, 1.54) is 74.1 Å². The Kier molecular flexibility index (Phi) is 4.23. The third-order valence-corrected chi connectivity index (χ3v) is 7.64. The van der Waals surface area contributed by atoms with Gasteiger partial charge in [-0.15, -0.1) is 11.3 Å². The number of amides is 1. The molecule has 7 heteroatoms. The van der Waals surface area contributed by atoms with E-state index in [1.54, 1.807) is 0 Å². The van der Waals surface area contributed by atoms with Crippen LogP contribution in [-0.2, 0) is 6.42 Å². The number of carbonyl (C=O) groups is 1. The number of nitrogens with zero attached hydrogens (tertiary/aromatic N) is 2. The van der Waals surface area contributed by atoms with Crippen molar-refractivity contribution in [3.63, 3.8) is 0 Å². The van der Waals surface area contributed by atoms with Gasteiger partial charge < -0.3 is 0 Å². The Hall–Kier alpha value is -2.28. The Bertz CT molecular complexity index is 886. The van der Waals surface area contributed by atoms with Gasteiger partial charge in [-0.1, -0.05) is 0 Å². The van der Waals surface area contributed by atoms with E-state index in [-0.39, 0.29) is 11.6 Å². The zero-order valence-corrected chi connectivity index (χ0v) is 16.4. The normalized spacial score (nSPS) is 30.4. The van der Waals surface area contributed by atoms with Crippen LogP contribution in [0, 0.1) is 33.3 Å². The number of benzene rings is 1. The minimum atomic E-state index is -0.473. The standard InChI is InChI=1S/C21H23N3O3S/c25-19(16-1-3-18(4-2-16)24(26)27)23-20-22-17(12-28-20)11-21-8-13-5-14(9-21)7-15(6-13)10-21/h1-4,12-15H,5-11H2,(H,22,23,25). The molecule has 0 saturated heterocycles. The van der Waals surface area contributed by atoms with Gasteiger partial charge in [0.2, 0.25) is 0 Å². The molecule has 0 aliphatic heterocycles. The number of nitro benzene ring substituents is 1. The molecule has 28 heavy (non-hydrogen) atoms. The van der Waals surface area contributed by atoms with E-state index in [4.69, 9.17) is 0 Å². The maximum absolute atomic E-state index is 12.4. The van der Waals surface area contributed by atoms with Gasteiger partial charge in [0.25, 0.3) is 11.6 Å². The van der Waals surface area contributed by atoms with Crippen molar-refractivity contribution in [2.75, 3.05) is 5.32 Å². The smallest absolute Gasteiger partial charge is 0.269 e. The number of hydrogen-bond acceptors (Lipinski definition) is 5. The first kappa shape index (κ1) is 17.8. The van der Waals surface area contributed by atoms with Crippen LogP contribution in [0.3, 0.4) is 0 Å². The average molecular weight is 398 g/mol. The molecular weight excluding hydrogens is 374 g/mol. The lowest BCUT2D eigenvalue weighted by atomic mass is 9.48. The van der Waals surface area contributed by atoms with Crippen LogP contribution in [0.2, 0.25) is 0 Å². The molecule has 0 spiro atoms. The van der Waals surface area contributed by atoms with Crippen LogP contribution in [0.1, 0.15) is 54.6 Å². The van der Waals surface area contributed by atoms with Crippen molar-refractivity contribution in [2.24, 2.45) is 23.2 Å². The molecule has 4 aliphatic carbocycles. The molecule has 2 aromatic rings. The van der Waals surface area contributed by atoms with Crippen molar-refractivity contribution in [1.29, 1.82) is 0 Å². The van der Waals surface area contributed by atoms with Gasteiger partial charge >= 0.3 is 0 Å². The lowest BCUT2D eigenvalue weighted by molar-refractivity contribution is -0.384. The summed E-state index contributed by atoms with van der Waals surface area (Å²) < 4.78 is 0. The van der Waals surface area contributed by atoms with Crippen molar-refractivity contribution in [1.82, 2.24) is 4.98 Å². The minimum Gasteiger partial charge on any atom is -0.298 e. The summed E-state index contributed by atoms with van der Waals surface area (Å²) in [6, 6.07) is 5.62. The second-order valence-electron chi connectivity index (χ2n) is 9.00. The van der Waals surface area contributed by atoms with Crippen molar-refractivity contribution in [3.05, 3.63) is 51.0 Å². The van der Waals surface area contributed by atoms with E-state index >= 15 is 0 Å². The Labute approximate surface area is 167 Å². The number of thiazole rings is 1. The van der Waals surface area contributed by atoms with Crippen LogP contribution in [0.5, 0.6) is 0 Å². The quantitative estimate of drug-likeness (QED) is 0.564. The van der Waals surface area contributed by atoms with E-state index in [0.29, 0.717) is 16.1 Å². The van der Waals surface area contributed by atoms with Gasteiger partial charge in [-0.25, -0.2) is 4.98 Å². The van der Waals surface area contributed by atoms with Crippen LogP contribution in [0.4, 0.5) is 10.8 Å². The first-order valence-corrected chi connectivity index (χ1v) is 10.9. The van der Waals surface area contributed by atoms with Gasteiger partial charge in [0.1, 0.15) is 0 Å². The zero-order valence-electron chi connectivity index (χ0n) is 15.6. The summed E-state index contributed by atoms with van der Waals surface area (Å²) in [4.78, 5) is 27.3. The van der Waals surface area contributed by atoms with Gasteiger partial charge in [-0.3, -0.25) is 20.2 Å². The number of aromatic nitrogens is 1. The maximum atomic E-state index is 12.4. The van der Waals surface area contributed by atoms with Crippen molar-refractivity contribution in [2.45, 2.75) is 44.9 Å². The number of rotatable bonds is 5. The molecule has 1 aromatic carbocycles. The fourth-order valence-electron chi connectivity index (χ4n) is 6.24. The fraction of sp³-hybridized carbons (Fsp3) is 0.524. The molecule has 146 valence electrons. The molecule has 6 nitrogen and oxygen atoms in total. The molecule has 1 aromatic heterocycles. The molecule has 1 N–H and O–H groups in total. The monoisotopic (exact) mass is 397 g/mol. The van der Waals surface area contributed by atoms with Gasteiger partial charge in [0.05, 0.1) is 10.6 Å². The van der Waals surface area contributed by atoms with Crippen LogP contribution in [0.25, 0.3) is 0 Å². The van der Waals surface area contributed by atoms with E-state index < -0.39 is 4.92 Å². The van der Waals surface area contributed by atoms with Crippen molar-refractivity contribution < 1.29 is 9.72 Å². The third kappa shape index (κ3) is 3.32. The molecule has 1 heterocycles. The van der Waals surface area contributed by atoms with Gasteiger partial charge in [0, 0.05) is 23.1 Å². The number of non-ortho nitro benzene ring substituents is 1. The van der Waals surface area contributed by atoms with Crippen molar-refractivity contribution >= 4 is 28.1 Å². The van der Waals surface area contributed by atoms with Crippen LogP contribution >= 0.6 is 11.3 Å². The van der Waals surface area contributed by atoms with E-state index in [0.717, 1.165) is 29.9 Å². The zero-order chi connectivity index (χ0) is 19.3. The first-order chi connectivity index (χ1) is 13.5. The highest BCUT2D eigenvalue weighted by Gasteiger charge is 2.50. The van der Waals surface area contributed by atoms with Crippen LogP contribution in [-0.4, -0.2) is 15.8 Å². The summed E-state index contributed by atoms with van der Waals surface area (Å²) in [5.41, 5.74) is 1.89. The third-order valence-electron chi connectivity index (χ3n) is 6.83. The topological polar surface area (TPSA) is 85.1 Å². The van der Waals surface area contributed by atoms with E-state index in [2.05, 4.69) is 15.7 Å². The minimum absolute atomic E-state index is 0.0244. The van der Waals surface area contributed by atoms with Crippen molar-refractivity contribution in [3.8, 4) is 0 Å². The molecular formula is C21H23N3O3S. The largest absolute Gasteiger partial charge is 0.298 e. The second kappa shape index (κ2) is 6.65. The molecule has 4 bridgehead atoms. The Morgan fingerprint density at radius 1 is 1.14 bits per heavy atom.